The van der Waals surface area contributed by atoms with Crippen molar-refractivity contribution >= 4 is 22.5 Å². The molecule has 1 aliphatic carbocycles. The Morgan fingerprint density at radius 1 is 1.38 bits per heavy atom. The zero-order valence-corrected chi connectivity index (χ0v) is 13.4. The van der Waals surface area contributed by atoms with Crippen molar-refractivity contribution in [2.24, 2.45) is 5.41 Å². The first kappa shape index (κ1) is 14.6. The van der Waals surface area contributed by atoms with Crippen LogP contribution in [0.3, 0.4) is 0 Å². The van der Waals surface area contributed by atoms with Crippen LogP contribution in [0.25, 0.3) is 10.9 Å². The number of halogens is 1. The van der Waals surface area contributed by atoms with Gasteiger partial charge in [0.25, 0.3) is 5.56 Å². The van der Waals surface area contributed by atoms with E-state index in [0.717, 1.165) is 18.5 Å². The molecular formula is C17H21ClN2O. The minimum atomic E-state index is -0.267. The van der Waals surface area contributed by atoms with E-state index in [4.69, 9.17) is 11.6 Å². The summed E-state index contributed by atoms with van der Waals surface area (Å²) in [6.45, 7) is 4.84. The largest absolute Gasteiger partial charge is 0.294 e. The van der Waals surface area contributed by atoms with Gasteiger partial charge in [-0.05, 0) is 43.7 Å². The first-order chi connectivity index (χ1) is 10.1. The van der Waals surface area contributed by atoms with Gasteiger partial charge >= 0.3 is 0 Å². The molecule has 0 saturated heterocycles. The third kappa shape index (κ3) is 2.48. The summed E-state index contributed by atoms with van der Waals surface area (Å²) in [6, 6.07) is 7.52. The molecule has 4 heteroatoms. The van der Waals surface area contributed by atoms with Gasteiger partial charge in [0.2, 0.25) is 0 Å². The van der Waals surface area contributed by atoms with Gasteiger partial charge in [-0.3, -0.25) is 9.36 Å². The predicted molar refractivity (Wildman–Crippen MR) is 86.8 cm³/mol. The first-order valence-electron chi connectivity index (χ1n) is 7.70. The van der Waals surface area contributed by atoms with Gasteiger partial charge in [-0.15, -0.1) is 11.6 Å². The molecule has 1 saturated carbocycles. The highest BCUT2D eigenvalue weighted by atomic mass is 35.5. The van der Waals surface area contributed by atoms with E-state index < -0.39 is 0 Å². The third-order valence-electron chi connectivity index (χ3n) is 4.90. The molecule has 0 radical (unpaired) electrons. The lowest BCUT2D eigenvalue weighted by Crippen LogP contribution is -2.39. The highest BCUT2D eigenvalue weighted by Gasteiger charge is 2.36. The van der Waals surface area contributed by atoms with E-state index in [-0.39, 0.29) is 16.4 Å². The summed E-state index contributed by atoms with van der Waals surface area (Å²) in [5, 5.41) is 0.417. The van der Waals surface area contributed by atoms with Crippen LogP contribution < -0.4 is 5.56 Å². The lowest BCUT2D eigenvalue weighted by atomic mass is 9.67. The van der Waals surface area contributed by atoms with Gasteiger partial charge in [0.1, 0.15) is 5.82 Å². The summed E-state index contributed by atoms with van der Waals surface area (Å²) in [5.74, 6) is 0.695. The molecule has 1 fully saturated rings. The monoisotopic (exact) mass is 304 g/mol. The molecule has 1 atom stereocenters. The van der Waals surface area contributed by atoms with Crippen molar-refractivity contribution in [1.82, 2.24) is 9.55 Å². The highest BCUT2D eigenvalue weighted by Crippen LogP contribution is 2.45. The normalized spacial score (nSPS) is 18.4. The number of hydrogen-bond donors (Lipinski definition) is 0. The third-order valence-corrected chi connectivity index (χ3v) is 5.10. The summed E-state index contributed by atoms with van der Waals surface area (Å²) in [7, 11) is 0. The number of hydrogen-bond acceptors (Lipinski definition) is 2. The molecule has 2 aromatic rings. The Bertz CT molecular complexity index is 711. The van der Waals surface area contributed by atoms with Crippen LogP contribution in [-0.2, 0) is 6.54 Å². The Morgan fingerprint density at radius 3 is 2.67 bits per heavy atom. The molecule has 3 rings (SSSR count). The Kier molecular flexibility index (Phi) is 3.78. The number of nitrogens with zero attached hydrogens (tertiary/aromatic N) is 2. The number of fused-ring (bicyclic) bond motifs is 1. The fourth-order valence-electron chi connectivity index (χ4n) is 3.28. The first-order valence-corrected chi connectivity index (χ1v) is 8.13. The van der Waals surface area contributed by atoms with Gasteiger partial charge in [-0.2, -0.15) is 0 Å². The summed E-state index contributed by atoms with van der Waals surface area (Å²) >= 11 is 6.29. The van der Waals surface area contributed by atoms with Crippen molar-refractivity contribution in [2.45, 2.75) is 51.5 Å². The Hall–Kier alpha value is -1.35. The van der Waals surface area contributed by atoms with Gasteiger partial charge in [0.15, 0.2) is 0 Å². The van der Waals surface area contributed by atoms with E-state index in [2.05, 4.69) is 11.9 Å². The molecule has 1 heterocycles. The lowest BCUT2D eigenvalue weighted by Gasteiger charge is -2.42. The number of para-hydroxylation sites is 1. The van der Waals surface area contributed by atoms with Gasteiger partial charge < -0.3 is 0 Å². The Balaban J connectivity index is 2.17. The maximum absolute atomic E-state index is 12.9. The number of aromatic nitrogens is 2. The predicted octanol–water partition coefficient (Wildman–Crippen LogP) is 4.28. The second-order valence-corrected chi connectivity index (χ2v) is 6.86. The van der Waals surface area contributed by atoms with Crippen LogP contribution in [0.15, 0.2) is 29.1 Å². The summed E-state index contributed by atoms with van der Waals surface area (Å²) in [5.41, 5.74) is 1.04. The van der Waals surface area contributed by atoms with Crippen molar-refractivity contribution in [3.8, 4) is 0 Å². The van der Waals surface area contributed by atoms with Crippen LogP contribution in [0.1, 0.15) is 50.7 Å². The van der Waals surface area contributed by atoms with E-state index >= 15 is 0 Å². The van der Waals surface area contributed by atoms with E-state index in [9.17, 15) is 4.79 Å². The van der Waals surface area contributed by atoms with Crippen molar-refractivity contribution in [3.05, 3.63) is 40.4 Å². The summed E-state index contributed by atoms with van der Waals surface area (Å²) in [4.78, 5) is 17.5. The van der Waals surface area contributed by atoms with Crippen LogP contribution in [0.4, 0.5) is 0 Å². The molecule has 21 heavy (non-hydrogen) atoms. The lowest BCUT2D eigenvalue weighted by molar-refractivity contribution is 0.0972. The van der Waals surface area contributed by atoms with Crippen LogP contribution in [0.5, 0.6) is 0 Å². The molecule has 1 aromatic heterocycles. The smallest absolute Gasteiger partial charge is 0.261 e. The van der Waals surface area contributed by atoms with Crippen molar-refractivity contribution in [2.75, 3.05) is 0 Å². The molecule has 0 bridgehead atoms. The van der Waals surface area contributed by atoms with Crippen LogP contribution in [-0.4, -0.2) is 9.55 Å². The maximum Gasteiger partial charge on any atom is 0.261 e. The fraction of sp³-hybridized carbons (Fsp3) is 0.529. The summed E-state index contributed by atoms with van der Waals surface area (Å²) < 4.78 is 1.82. The van der Waals surface area contributed by atoms with Crippen LogP contribution in [0, 0.1) is 5.41 Å². The summed E-state index contributed by atoms with van der Waals surface area (Å²) in [6.07, 6.45) is 4.75. The van der Waals surface area contributed by atoms with Crippen molar-refractivity contribution < 1.29 is 0 Å². The molecule has 1 aromatic carbocycles. The molecule has 1 aliphatic rings. The second kappa shape index (κ2) is 5.45. The van der Waals surface area contributed by atoms with Gasteiger partial charge in [-0.1, -0.05) is 25.5 Å². The Labute approximate surface area is 130 Å². The minimum absolute atomic E-state index is 0.0443. The van der Waals surface area contributed by atoms with Crippen LogP contribution in [0.2, 0.25) is 0 Å². The molecule has 0 N–H and O–H groups in total. The zero-order chi connectivity index (χ0) is 15.0. The maximum atomic E-state index is 12.9. The second-order valence-electron chi connectivity index (χ2n) is 6.20. The van der Waals surface area contributed by atoms with E-state index in [1.54, 1.807) is 0 Å². The number of benzene rings is 1. The zero-order valence-electron chi connectivity index (χ0n) is 12.6. The van der Waals surface area contributed by atoms with Gasteiger partial charge in [-0.25, -0.2) is 4.98 Å². The SMILES string of the molecule is CCC1(Cn2c(C(C)Cl)nc3ccccc3c2=O)CCC1. The standard InChI is InChI=1S/C17H21ClN2O/c1-3-17(9-6-10-17)11-20-15(12(2)18)19-14-8-5-4-7-13(14)16(20)21/h4-5,7-8,12H,3,6,9-11H2,1-2H3. The molecule has 1 unspecified atom stereocenters. The van der Waals surface area contributed by atoms with Crippen molar-refractivity contribution in [3.63, 3.8) is 0 Å². The van der Waals surface area contributed by atoms with E-state index in [1.807, 2.05) is 35.8 Å². The minimum Gasteiger partial charge on any atom is -0.294 e. The van der Waals surface area contributed by atoms with E-state index in [0.29, 0.717) is 11.2 Å². The molecule has 112 valence electrons. The van der Waals surface area contributed by atoms with Crippen molar-refractivity contribution in [1.29, 1.82) is 0 Å². The fourth-order valence-corrected chi connectivity index (χ4v) is 3.44. The topological polar surface area (TPSA) is 34.9 Å². The van der Waals surface area contributed by atoms with Crippen LogP contribution >= 0.6 is 11.6 Å². The Morgan fingerprint density at radius 2 is 2.10 bits per heavy atom. The van der Waals surface area contributed by atoms with E-state index in [1.165, 1.54) is 19.3 Å². The highest BCUT2D eigenvalue weighted by molar-refractivity contribution is 6.20. The van der Waals surface area contributed by atoms with Gasteiger partial charge in [0, 0.05) is 6.54 Å². The van der Waals surface area contributed by atoms with Gasteiger partial charge in [0.05, 0.1) is 16.3 Å². The molecule has 0 amide bonds. The molecule has 0 spiro atoms. The average molecular weight is 305 g/mol. The number of alkyl halides is 1. The quantitative estimate of drug-likeness (QED) is 0.790. The molecule has 3 nitrogen and oxygen atoms in total. The molecular weight excluding hydrogens is 284 g/mol. The average Bonchev–Trinajstić information content (AvgIpc) is 2.44. The molecule has 0 aliphatic heterocycles. The number of rotatable bonds is 4.